The molecule has 110 valence electrons. The third kappa shape index (κ3) is 2.98. The highest BCUT2D eigenvalue weighted by molar-refractivity contribution is 5.79. The van der Waals surface area contributed by atoms with Crippen molar-refractivity contribution in [2.45, 2.75) is 46.2 Å². The molecule has 0 spiro atoms. The first-order chi connectivity index (χ1) is 9.43. The lowest BCUT2D eigenvalue weighted by atomic mass is 9.61. The topological polar surface area (TPSA) is 80.9 Å². The number of carbonyl (C=O) groups is 1. The Bertz CT molecular complexity index is 460. The van der Waals surface area contributed by atoms with Crippen molar-refractivity contribution in [3.05, 3.63) is 24.3 Å². The van der Waals surface area contributed by atoms with Gasteiger partial charge in [0.1, 0.15) is 6.33 Å². The van der Waals surface area contributed by atoms with Crippen molar-refractivity contribution >= 4 is 5.91 Å². The summed E-state index contributed by atoms with van der Waals surface area (Å²) in [5, 5.41) is 2.99. The summed E-state index contributed by atoms with van der Waals surface area (Å²) < 4.78 is 0. The van der Waals surface area contributed by atoms with Crippen molar-refractivity contribution in [3.63, 3.8) is 0 Å². The minimum absolute atomic E-state index is 0.0131. The SMILES string of the molecule is CC1C(N)CCC(C(=O)NCc2ccncn2)C1(C)C. The van der Waals surface area contributed by atoms with Gasteiger partial charge in [0.05, 0.1) is 12.2 Å². The van der Waals surface area contributed by atoms with Gasteiger partial charge in [-0.15, -0.1) is 0 Å². The van der Waals surface area contributed by atoms with E-state index in [0.29, 0.717) is 12.5 Å². The van der Waals surface area contributed by atoms with Crippen molar-refractivity contribution in [3.8, 4) is 0 Å². The number of nitrogens with zero attached hydrogens (tertiary/aromatic N) is 2. The molecular weight excluding hydrogens is 252 g/mol. The zero-order chi connectivity index (χ0) is 14.8. The van der Waals surface area contributed by atoms with E-state index < -0.39 is 0 Å². The van der Waals surface area contributed by atoms with Crippen LogP contribution < -0.4 is 11.1 Å². The molecule has 5 nitrogen and oxygen atoms in total. The van der Waals surface area contributed by atoms with Gasteiger partial charge in [-0.3, -0.25) is 4.79 Å². The molecule has 1 fully saturated rings. The zero-order valence-electron chi connectivity index (χ0n) is 12.5. The lowest BCUT2D eigenvalue weighted by Crippen LogP contribution is -2.51. The molecule has 2 rings (SSSR count). The van der Waals surface area contributed by atoms with Gasteiger partial charge < -0.3 is 11.1 Å². The van der Waals surface area contributed by atoms with E-state index in [1.54, 1.807) is 6.20 Å². The Balaban J connectivity index is 1.98. The first-order valence-corrected chi connectivity index (χ1v) is 7.21. The quantitative estimate of drug-likeness (QED) is 0.876. The standard InChI is InChI=1S/C15H24N4O/c1-10-13(16)5-4-12(15(10,2)3)14(20)18-8-11-6-7-17-9-19-11/h6-7,9-10,12-13H,4-5,8,16H2,1-3H3,(H,18,20). The average Bonchev–Trinajstić information content (AvgIpc) is 2.43. The molecule has 1 aliphatic carbocycles. The molecule has 0 bridgehead atoms. The van der Waals surface area contributed by atoms with E-state index in [9.17, 15) is 4.79 Å². The smallest absolute Gasteiger partial charge is 0.223 e. The Morgan fingerprint density at radius 2 is 2.25 bits per heavy atom. The maximum absolute atomic E-state index is 12.4. The molecule has 3 unspecified atom stereocenters. The van der Waals surface area contributed by atoms with Gasteiger partial charge in [0.2, 0.25) is 5.91 Å². The van der Waals surface area contributed by atoms with Gasteiger partial charge in [0.25, 0.3) is 0 Å². The molecule has 3 N–H and O–H groups in total. The maximum atomic E-state index is 12.4. The zero-order valence-corrected chi connectivity index (χ0v) is 12.5. The molecule has 1 aromatic heterocycles. The first-order valence-electron chi connectivity index (χ1n) is 7.21. The van der Waals surface area contributed by atoms with E-state index in [1.165, 1.54) is 6.33 Å². The Morgan fingerprint density at radius 1 is 1.50 bits per heavy atom. The van der Waals surface area contributed by atoms with E-state index in [4.69, 9.17) is 5.73 Å². The third-order valence-electron chi connectivity index (χ3n) is 4.91. The number of carbonyl (C=O) groups excluding carboxylic acids is 1. The van der Waals surface area contributed by atoms with Crippen LogP contribution >= 0.6 is 0 Å². The van der Waals surface area contributed by atoms with Crippen LogP contribution in [0.2, 0.25) is 0 Å². The van der Waals surface area contributed by atoms with E-state index >= 15 is 0 Å². The van der Waals surface area contributed by atoms with Gasteiger partial charge >= 0.3 is 0 Å². The minimum Gasteiger partial charge on any atom is -0.350 e. The van der Waals surface area contributed by atoms with Gasteiger partial charge in [0.15, 0.2) is 0 Å². The molecule has 3 atom stereocenters. The van der Waals surface area contributed by atoms with Gasteiger partial charge in [-0.25, -0.2) is 9.97 Å². The molecule has 1 aromatic rings. The highest BCUT2D eigenvalue weighted by Gasteiger charge is 2.44. The summed E-state index contributed by atoms with van der Waals surface area (Å²) in [7, 11) is 0. The largest absolute Gasteiger partial charge is 0.350 e. The lowest BCUT2D eigenvalue weighted by Gasteiger charge is -2.46. The van der Waals surface area contributed by atoms with E-state index in [-0.39, 0.29) is 23.3 Å². The second-order valence-electron chi connectivity index (χ2n) is 6.32. The van der Waals surface area contributed by atoms with Gasteiger partial charge in [-0.1, -0.05) is 20.8 Å². The van der Waals surface area contributed by atoms with Crippen molar-refractivity contribution in [1.29, 1.82) is 0 Å². The van der Waals surface area contributed by atoms with Crippen LogP contribution in [0.25, 0.3) is 0 Å². The van der Waals surface area contributed by atoms with Gasteiger partial charge in [0, 0.05) is 18.2 Å². The van der Waals surface area contributed by atoms with Crippen molar-refractivity contribution in [2.75, 3.05) is 0 Å². The predicted molar refractivity (Wildman–Crippen MR) is 77.5 cm³/mol. The number of amides is 1. The van der Waals surface area contributed by atoms with E-state index in [0.717, 1.165) is 18.5 Å². The molecular formula is C15H24N4O. The van der Waals surface area contributed by atoms with Crippen LogP contribution in [0.4, 0.5) is 0 Å². The van der Waals surface area contributed by atoms with Crippen LogP contribution in [-0.4, -0.2) is 21.9 Å². The Morgan fingerprint density at radius 3 is 2.90 bits per heavy atom. The van der Waals surface area contributed by atoms with E-state index in [2.05, 4.69) is 36.1 Å². The van der Waals surface area contributed by atoms with Crippen LogP contribution in [0, 0.1) is 17.3 Å². The summed E-state index contributed by atoms with van der Waals surface area (Å²) in [6, 6.07) is 2.00. The Labute approximate surface area is 120 Å². The van der Waals surface area contributed by atoms with Crippen LogP contribution in [0.5, 0.6) is 0 Å². The van der Waals surface area contributed by atoms with E-state index in [1.807, 2.05) is 6.07 Å². The number of hydrogen-bond acceptors (Lipinski definition) is 4. The molecule has 0 radical (unpaired) electrons. The van der Waals surface area contributed by atoms with Crippen LogP contribution in [-0.2, 0) is 11.3 Å². The summed E-state index contributed by atoms with van der Waals surface area (Å²) in [6.07, 6.45) is 4.94. The molecule has 0 aromatic carbocycles. The fourth-order valence-electron chi connectivity index (χ4n) is 3.04. The van der Waals surface area contributed by atoms with Crippen molar-refractivity contribution in [2.24, 2.45) is 23.0 Å². The fourth-order valence-corrected chi connectivity index (χ4v) is 3.04. The molecule has 1 aliphatic rings. The molecule has 20 heavy (non-hydrogen) atoms. The molecule has 1 saturated carbocycles. The summed E-state index contributed by atoms with van der Waals surface area (Å²) in [4.78, 5) is 20.4. The maximum Gasteiger partial charge on any atom is 0.223 e. The summed E-state index contributed by atoms with van der Waals surface area (Å²) >= 11 is 0. The number of hydrogen-bond donors (Lipinski definition) is 2. The average molecular weight is 276 g/mol. The molecule has 5 heteroatoms. The monoisotopic (exact) mass is 276 g/mol. The predicted octanol–water partition coefficient (Wildman–Crippen LogP) is 1.49. The summed E-state index contributed by atoms with van der Waals surface area (Å²) in [5.74, 6) is 0.456. The fraction of sp³-hybridized carbons (Fsp3) is 0.667. The van der Waals surface area contributed by atoms with Crippen LogP contribution in [0.15, 0.2) is 18.6 Å². The molecule has 0 saturated heterocycles. The Hall–Kier alpha value is -1.49. The highest BCUT2D eigenvalue weighted by Crippen LogP contribution is 2.44. The van der Waals surface area contributed by atoms with Gasteiger partial charge in [-0.05, 0) is 30.2 Å². The third-order valence-corrected chi connectivity index (χ3v) is 4.91. The molecule has 1 amide bonds. The number of rotatable bonds is 3. The number of nitrogens with one attached hydrogen (secondary N) is 1. The minimum atomic E-state index is -0.0760. The molecule has 0 aliphatic heterocycles. The molecule has 1 heterocycles. The summed E-state index contributed by atoms with van der Waals surface area (Å²) in [5.41, 5.74) is 6.88. The first kappa shape index (κ1) is 14.9. The number of nitrogens with two attached hydrogens (primary N) is 1. The summed E-state index contributed by atoms with van der Waals surface area (Å²) in [6.45, 7) is 6.89. The Kier molecular flexibility index (Phi) is 4.38. The normalized spacial score (nSPS) is 28.9. The highest BCUT2D eigenvalue weighted by atomic mass is 16.1. The van der Waals surface area contributed by atoms with Crippen LogP contribution in [0.1, 0.15) is 39.3 Å². The second-order valence-corrected chi connectivity index (χ2v) is 6.32. The lowest BCUT2D eigenvalue weighted by molar-refractivity contribution is -0.132. The second kappa shape index (κ2) is 5.87. The van der Waals surface area contributed by atoms with Crippen molar-refractivity contribution < 1.29 is 4.79 Å². The number of aromatic nitrogens is 2. The van der Waals surface area contributed by atoms with Crippen LogP contribution in [0.3, 0.4) is 0 Å². The van der Waals surface area contributed by atoms with Gasteiger partial charge in [-0.2, -0.15) is 0 Å². The van der Waals surface area contributed by atoms with Crippen molar-refractivity contribution in [1.82, 2.24) is 15.3 Å².